The molecular formula is C51H33N5. The normalized spacial score (nSPS) is 11.6. The Bertz CT molecular complexity index is 3160. The quantitative estimate of drug-likeness (QED) is 0.172. The summed E-state index contributed by atoms with van der Waals surface area (Å²) in [6.45, 7) is 0. The van der Waals surface area contributed by atoms with E-state index in [-0.39, 0.29) is 0 Å². The highest BCUT2D eigenvalue weighted by Gasteiger charge is 2.19. The van der Waals surface area contributed by atoms with Crippen LogP contribution in [0.3, 0.4) is 0 Å². The average Bonchev–Trinajstić information content (AvgIpc) is 3.80. The van der Waals surface area contributed by atoms with Crippen LogP contribution in [-0.4, -0.2) is 24.1 Å². The van der Waals surface area contributed by atoms with Crippen molar-refractivity contribution in [3.05, 3.63) is 200 Å². The summed E-state index contributed by atoms with van der Waals surface area (Å²) >= 11 is 0. The highest BCUT2D eigenvalue weighted by atomic mass is 15.0. The van der Waals surface area contributed by atoms with E-state index in [2.05, 4.69) is 161 Å². The van der Waals surface area contributed by atoms with E-state index in [0.717, 1.165) is 78.0 Å². The number of nitrogens with zero attached hydrogens (tertiary/aromatic N) is 5. The summed E-state index contributed by atoms with van der Waals surface area (Å²) in [5.41, 5.74) is 15.0. The first-order chi connectivity index (χ1) is 27.8. The molecule has 0 aliphatic rings. The lowest BCUT2D eigenvalue weighted by Crippen LogP contribution is -1.97. The van der Waals surface area contributed by atoms with Gasteiger partial charge in [-0.15, -0.1) is 0 Å². The van der Waals surface area contributed by atoms with Gasteiger partial charge in [-0.2, -0.15) is 0 Å². The average molecular weight is 716 g/mol. The number of aromatic nitrogens is 5. The predicted molar refractivity (Wildman–Crippen MR) is 230 cm³/mol. The summed E-state index contributed by atoms with van der Waals surface area (Å²) in [4.78, 5) is 14.9. The summed E-state index contributed by atoms with van der Waals surface area (Å²) in [6, 6.07) is 68.3. The van der Waals surface area contributed by atoms with E-state index >= 15 is 0 Å². The van der Waals surface area contributed by atoms with E-state index in [0.29, 0.717) is 5.82 Å². The summed E-state index contributed by atoms with van der Waals surface area (Å²) in [5, 5.41) is 3.57. The van der Waals surface area contributed by atoms with Crippen LogP contribution in [0.15, 0.2) is 200 Å². The fraction of sp³-hybridized carbons (Fsp3) is 0. The number of para-hydroxylation sites is 2. The Morgan fingerprint density at radius 1 is 0.357 bits per heavy atom. The second kappa shape index (κ2) is 13.0. The van der Waals surface area contributed by atoms with Crippen molar-refractivity contribution >= 4 is 43.7 Å². The van der Waals surface area contributed by atoms with E-state index in [1.165, 1.54) is 16.3 Å². The van der Waals surface area contributed by atoms with Crippen molar-refractivity contribution in [3.63, 3.8) is 0 Å². The van der Waals surface area contributed by atoms with Gasteiger partial charge in [0.05, 0.1) is 39.0 Å². The molecule has 11 rings (SSSR count). The third-order valence-corrected chi connectivity index (χ3v) is 10.8. The predicted octanol–water partition coefficient (Wildman–Crippen LogP) is 12.7. The Labute approximate surface area is 323 Å². The fourth-order valence-corrected chi connectivity index (χ4v) is 8.25. The molecule has 0 spiro atoms. The molecule has 0 aliphatic heterocycles. The van der Waals surface area contributed by atoms with Gasteiger partial charge in [0.15, 0.2) is 5.82 Å². The van der Waals surface area contributed by atoms with Gasteiger partial charge >= 0.3 is 0 Å². The molecule has 0 N–H and O–H groups in total. The monoisotopic (exact) mass is 715 g/mol. The first kappa shape index (κ1) is 31.9. The molecule has 11 aromatic rings. The van der Waals surface area contributed by atoms with Gasteiger partial charge in [-0.1, -0.05) is 127 Å². The number of hydrogen-bond acceptors (Lipinski definition) is 3. The number of hydrogen-bond donors (Lipinski definition) is 0. The van der Waals surface area contributed by atoms with Crippen LogP contribution in [0.1, 0.15) is 0 Å². The van der Waals surface area contributed by atoms with Crippen LogP contribution in [0.2, 0.25) is 0 Å². The van der Waals surface area contributed by atoms with Crippen LogP contribution in [0, 0.1) is 0 Å². The second-order valence-electron chi connectivity index (χ2n) is 14.1. The van der Waals surface area contributed by atoms with Crippen molar-refractivity contribution < 1.29 is 0 Å². The zero-order chi connectivity index (χ0) is 37.0. The lowest BCUT2D eigenvalue weighted by Gasteiger charge is -2.12. The highest BCUT2D eigenvalue weighted by Crippen LogP contribution is 2.41. The van der Waals surface area contributed by atoms with Crippen LogP contribution in [-0.2, 0) is 0 Å². The van der Waals surface area contributed by atoms with Gasteiger partial charge in [0.2, 0.25) is 0 Å². The molecule has 262 valence electrons. The van der Waals surface area contributed by atoms with Crippen LogP contribution in [0.25, 0.3) is 100 Å². The maximum Gasteiger partial charge on any atom is 0.160 e. The van der Waals surface area contributed by atoms with E-state index in [1.54, 1.807) is 0 Å². The zero-order valence-electron chi connectivity index (χ0n) is 30.3. The molecule has 5 nitrogen and oxygen atoms in total. The first-order valence-corrected chi connectivity index (χ1v) is 18.9. The minimum Gasteiger partial charge on any atom is -0.309 e. The Hall–Kier alpha value is -7.63. The van der Waals surface area contributed by atoms with E-state index < -0.39 is 0 Å². The van der Waals surface area contributed by atoms with E-state index in [4.69, 9.17) is 15.0 Å². The lowest BCUT2D eigenvalue weighted by molar-refractivity contribution is 1.17. The largest absolute Gasteiger partial charge is 0.309 e. The molecule has 0 saturated heterocycles. The molecular weight excluding hydrogens is 683 g/mol. The molecule has 0 amide bonds. The molecule has 0 fully saturated rings. The third-order valence-electron chi connectivity index (χ3n) is 10.8. The summed E-state index contributed by atoms with van der Waals surface area (Å²) in [7, 11) is 0. The molecule has 0 radical (unpaired) electrons. The van der Waals surface area contributed by atoms with Crippen molar-refractivity contribution in [2.24, 2.45) is 0 Å². The van der Waals surface area contributed by atoms with Crippen LogP contribution >= 0.6 is 0 Å². The van der Waals surface area contributed by atoms with Gasteiger partial charge in [0, 0.05) is 50.4 Å². The van der Waals surface area contributed by atoms with Crippen molar-refractivity contribution in [2.75, 3.05) is 0 Å². The Kier molecular flexibility index (Phi) is 7.42. The molecule has 4 aromatic heterocycles. The van der Waals surface area contributed by atoms with Crippen molar-refractivity contribution in [1.82, 2.24) is 24.1 Å². The van der Waals surface area contributed by atoms with Crippen molar-refractivity contribution in [3.8, 4) is 56.4 Å². The number of fused-ring (bicyclic) bond motifs is 6. The number of rotatable bonds is 6. The standard InChI is InChI=1S/C51H33N5/c1-4-14-34(15-5-1)43-33-44(54-51(53-43)36-16-6-2-7-17-36)35-25-28-39(29-26-35)55-45-22-11-10-20-41(45)49-40(21-12-23-47(49)55)37-27-30-46-42(32-37)50-48(24-13-31-52-50)56(46)38-18-8-3-9-19-38/h1-33H. The minimum atomic E-state index is 0.708. The van der Waals surface area contributed by atoms with Crippen molar-refractivity contribution in [1.29, 1.82) is 0 Å². The van der Waals surface area contributed by atoms with E-state index in [1.807, 2.05) is 48.7 Å². The summed E-state index contributed by atoms with van der Waals surface area (Å²) < 4.78 is 4.69. The summed E-state index contributed by atoms with van der Waals surface area (Å²) in [5.74, 6) is 0.708. The zero-order valence-corrected chi connectivity index (χ0v) is 30.3. The molecule has 4 heterocycles. The molecule has 0 saturated carbocycles. The summed E-state index contributed by atoms with van der Waals surface area (Å²) in [6.07, 6.45) is 1.89. The van der Waals surface area contributed by atoms with Crippen LogP contribution < -0.4 is 0 Å². The smallest absolute Gasteiger partial charge is 0.160 e. The van der Waals surface area contributed by atoms with Crippen molar-refractivity contribution in [2.45, 2.75) is 0 Å². The van der Waals surface area contributed by atoms with E-state index in [9.17, 15) is 0 Å². The lowest BCUT2D eigenvalue weighted by atomic mass is 9.98. The first-order valence-electron chi connectivity index (χ1n) is 18.9. The molecule has 7 aromatic carbocycles. The molecule has 5 heteroatoms. The minimum absolute atomic E-state index is 0.708. The Morgan fingerprint density at radius 3 is 1.70 bits per heavy atom. The Balaban J connectivity index is 1.05. The third kappa shape index (κ3) is 5.21. The van der Waals surface area contributed by atoms with Gasteiger partial charge in [0.25, 0.3) is 0 Å². The van der Waals surface area contributed by atoms with Gasteiger partial charge in [-0.05, 0) is 77.9 Å². The number of benzene rings is 7. The molecule has 0 atom stereocenters. The van der Waals surface area contributed by atoms with Gasteiger partial charge in [0.1, 0.15) is 0 Å². The van der Waals surface area contributed by atoms with Crippen LogP contribution in [0.4, 0.5) is 0 Å². The van der Waals surface area contributed by atoms with Gasteiger partial charge in [-0.3, -0.25) is 4.98 Å². The molecule has 0 bridgehead atoms. The topological polar surface area (TPSA) is 48.5 Å². The van der Waals surface area contributed by atoms with Gasteiger partial charge < -0.3 is 9.13 Å². The maximum atomic E-state index is 5.07. The molecule has 56 heavy (non-hydrogen) atoms. The number of pyridine rings is 1. The molecule has 0 aliphatic carbocycles. The second-order valence-corrected chi connectivity index (χ2v) is 14.1. The maximum absolute atomic E-state index is 5.07. The Morgan fingerprint density at radius 2 is 0.929 bits per heavy atom. The fourth-order valence-electron chi connectivity index (χ4n) is 8.25. The van der Waals surface area contributed by atoms with Gasteiger partial charge in [-0.25, -0.2) is 9.97 Å². The highest BCUT2D eigenvalue weighted by molar-refractivity contribution is 6.17. The SMILES string of the molecule is c1ccc(-c2cc(-c3ccc(-n4c5ccccc5c5c(-c6ccc7c(c6)c6ncccc6n7-c6ccccc6)cccc54)cc3)nc(-c3ccccc3)n2)cc1. The molecule has 0 unspecified atom stereocenters. The van der Waals surface area contributed by atoms with Crippen LogP contribution in [0.5, 0.6) is 0 Å².